The van der Waals surface area contributed by atoms with Crippen molar-refractivity contribution in [2.45, 2.75) is 25.7 Å². The SMILES string of the molecule is Cc1cc(C)cc(CC(CCl)(CCl)c2ccccc2F)c1. The van der Waals surface area contributed by atoms with Crippen molar-refractivity contribution in [3.63, 3.8) is 0 Å². The Morgan fingerprint density at radius 3 is 2.05 bits per heavy atom. The van der Waals surface area contributed by atoms with Crippen LogP contribution < -0.4 is 0 Å². The van der Waals surface area contributed by atoms with E-state index in [4.69, 9.17) is 23.2 Å². The molecule has 2 aromatic carbocycles. The molecule has 0 N–H and O–H groups in total. The third-order valence-corrected chi connectivity index (χ3v) is 4.80. The molecule has 2 aromatic rings. The Morgan fingerprint density at radius 2 is 1.52 bits per heavy atom. The number of benzene rings is 2. The zero-order chi connectivity index (χ0) is 15.5. The predicted octanol–water partition coefficient (Wildman–Crippen LogP) is 5.40. The third kappa shape index (κ3) is 3.59. The maximum atomic E-state index is 14.2. The van der Waals surface area contributed by atoms with Crippen LogP contribution in [0.4, 0.5) is 4.39 Å². The van der Waals surface area contributed by atoms with Gasteiger partial charge in [0.25, 0.3) is 0 Å². The average Bonchev–Trinajstić information content (AvgIpc) is 2.44. The first-order valence-corrected chi connectivity index (χ1v) is 8.02. The molecule has 0 bridgehead atoms. The second-order valence-corrected chi connectivity index (χ2v) is 6.23. The lowest BCUT2D eigenvalue weighted by molar-refractivity contribution is 0.491. The molecule has 0 saturated heterocycles. The summed E-state index contributed by atoms with van der Waals surface area (Å²) in [5.41, 5.74) is 3.52. The van der Waals surface area contributed by atoms with Crippen molar-refractivity contribution in [1.82, 2.24) is 0 Å². The molecule has 2 rings (SSSR count). The van der Waals surface area contributed by atoms with Crippen LogP contribution >= 0.6 is 23.2 Å². The van der Waals surface area contributed by atoms with Crippen LogP contribution in [-0.2, 0) is 11.8 Å². The van der Waals surface area contributed by atoms with E-state index in [2.05, 4.69) is 32.0 Å². The summed E-state index contributed by atoms with van der Waals surface area (Å²) in [6, 6.07) is 13.1. The number of hydrogen-bond donors (Lipinski definition) is 0. The van der Waals surface area contributed by atoms with Gasteiger partial charge in [0.15, 0.2) is 0 Å². The van der Waals surface area contributed by atoms with E-state index in [-0.39, 0.29) is 17.6 Å². The van der Waals surface area contributed by atoms with Crippen molar-refractivity contribution in [1.29, 1.82) is 0 Å². The van der Waals surface area contributed by atoms with Crippen LogP contribution in [0.5, 0.6) is 0 Å². The van der Waals surface area contributed by atoms with E-state index in [1.165, 1.54) is 17.2 Å². The van der Waals surface area contributed by atoms with Crippen LogP contribution in [-0.4, -0.2) is 11.8 Å². The quantitative estimate of drug-likeness (QED) is 0.646. The van der Waals surface area contributed by atoms with Crippen LogP contribution in [0, 0.1) is 19.7 Å². The molecule has 0 atom stereocenters. The van der Waals surface area contributed by atoms with E-state index < -0.39 is 5.41 Å². The summed E-state index contributed by atoms with van der Waals surface area (Å²) in [4.78, 5) is 0. The van der Waals surface area contributed by atoms with Crippen LogP contribution in [0.2, 0.25) is 0 Å². The van der Waals surface area contributed by atoms with Gasteiger partial charge < -0.3 is 0 Å². The Labute approximate surface area is 135 Å². The highest BCUT2D eigenvalue weighted by atomic mass is 35.5. The summed E-state index contributed by atoms with van der Waals surface area (Å²) >= 11 is 12.4. The molecule has 0 radical (unpaired) electrons. The highest BCUT2D eigenvalue weighted by Crippen LogP contribution is 2.33. The van der Waals surface area contributed by atoms with E-state index in [1.54, 1.807) is 12.1 Å². The largest absolute Gasteiger partial charge is 0.207 e. The first-order chi connectivity index (χ1) is 10.0. The van der Waals surface area contributed by atoms with Crippen molar-refractivity contribution in [2.24, 2.45) is 0 Å². The summed E-state index contributed by atoms with van der Waals surface area (Å²) < 4.78 is 14.2. The number of aryl methyl sites for hydroxylation is 2. The Balaban J connectivity index is 2.45. The highest BCUT2D eigenvalue weighted by molar-refractivity contribution is 6.22. The molecule has 0 amide bonds. The lowest BCUT2D eigenvalue weighted by atomic mass is 9.78. The topological polar surface area (TPSA) is 0 Å². The zero-order valence-corrected chi connectivity index (χ0v) is 13.8. The molecule has 0 aliphatic heterocycles. The second kappa shape index (κ2) is 6.81. The van der Waals surface area contributed by atoms with Gasteiger partial charge in [0.1, 0.15) is 5.82 Å². The van der Waals surface area contributed by atoms with Crippen molar-refractivity contribution in [2.75, 3.05) is 11.8 Å². The molecular weight excluding hydrogens is 306 g/mol. The monoisotopic (exact) mass is 324 g/mol. The molecule has 21 heavy (non-hydrogen) atoms. The Bertz CT molecular complexity index is 598. The first-order valence-electron chi connectivity index (χ1n) is 6.95. The van der Waals surface area contributed by atoms with E-state index in [0.29, 0.717) is 12.0 Å². The predicted molar refractivity (Wildman–Crippen MR) is 89.1 cm³/mol. The number of alkyl halides is 2. The molecule has 3 heteroatoms. The van der Waals surface area contributed by atoms with Crippen molar-refractivity contribution < 1.29 is 4.39 Å². The minimum Gasteiger partial charge on any atom is -0.207 e. The molecule has 112 valence electrons. The Morgan fingerprint density at radius 1 is 0.952 bits per heavy atom. The van der Waals surface area contributed by atoms with E-state index in [0.717, 1.165) is 5.56 Å². The fraction of sp³-hybridized carbons (Fsp3) is 0.333. The molecule has 0 spiro atoms. The van der Waals surface area contributed by atoms with Crippen molar-refractivity contribution in [3.8, 4) is 0 Å². The van der Waals surface area contributed by atoms with Gasteiger partial charge in [-0.1, -0.05) is 47.5 Å². The van der Waals surface area contributed by atoms with Crippen LogP contribution in [0.3, 0.4) is 0 Å². The van der Waals surface area contributed by atoms with Crippen molar-refractivity contribution in [3.05, 3.63) is 70.5 Å². The van der Waals surface area contributed by atoms with E-state index in [9.17, 15) is 4.39 Å². The van der Waals surface area contributed by atoms with Gasteiger partial charge in [0, 0.05) is 17.2 Å². The van der Waals surface area contributed by atoms with Gasteiger partial charge in [0.2, 0.25) is 0 Å². The lowest BCUT2D eigenvalue weighted by Crippen LogP contribution is -2.34. The second-order valence-electron chi connectivity index (χ2n) is 5.70. The van der Waals surface area contributed by atoms with E-state index in [1.807, 2.05) is 6.07 Å². The summed E-state index contributed by atoms with van der Waals surface area (Å²) in [6.45, 7) is 4.12. The van der Waals surface area contributed by atoms with Gasteiger partial charge in [0.05, 0.1) is 0 Å². The first kappa shape index (κ1) is 16.3. The molecule has 0 aliphatic rings. The molecule has 0 fully saturated rings. The normalized spacial score (nSPS) is 11.7. The molecule has 0 nitrogen and oxygen atoms in total. The van der Waals surface area contributed by atoms with Gasteiger partial charge >= 0.3 is 0 Å². The summed E-state index contributed by atoms with van der Waals surface area (Å²) in [5.74, 6) is 0.317. The van der Waals surface area contributed by atoms with Crippen LogP contribution in [0.25, 0.3) is 0 Å². The highest BCUT2D eigenvalue weighted by Gasteiger charge is 2.33. The Hall–Kier alpha value is -1.05. The zero-order valence-electron chi connectivity index (χ0n) is 12.3. The molecule has 0 heterocycles. The van der Waals surface area contributed by atoms with Crippen LogP contribution in [0.15, 0.2) is 42.5 Å². The van der Waals surface area contributed by atoms with Gasteiger partial charge in [-0.25, -0.2) is 4.39 Å². The Kier molecular flexibility index (Phi) is 5.29. The molecular formula is C18H19Cl2F. The van der Waals surface area contributed by atoms with Gasteiger partial charge in [-0.2, -0.15) is 0 Å². The maximum Gasteiger partial charge on any atom is 0.127 e. The number of hydrogen-bond acceptors (Lipinski definition) is 0. The minimum absolute atomic E-state index is 0.247. The standard InChI is InChI=1S/C18H19Cl2F/c1-13-7-14(2)9-15(8-13)10-18(11-19,12-20)16-5-3-4-6-17(16)21/h3-9H,10-12H2,1-2H3. The van der Waals surface area contributed by atoms with E-state index >= 15 is 0 Å². The fourth-order valence-electron chi connectivity index (χ4n) is 2.82. The van der Waals surface area contributed by atoms with Crippen LogP contribution in [0.1, 0.15) is 22.3 Å². The smallest absolute Gasteiger partial charge is 0.127 e. The number of rotatable bonds is 5. The molecule has 0 saturated carbocycles. The van der Waals surface area contributed by atoms with Gasteiger partial charge in [-0.3, -0.25) is 0 Å². The van der Waals surface area contributed by atoms with Gasteiger partial charge in [-0.15, -0.1) is 23.2 Å². The summed E-state index contributed by atoms with van der Waals surface area (Å²) in [6.07, 6.45) is 0.628. The lowest BCUT2D eigenvalue weighted by Gasteiger charge is -2.31. The number of halogens is 3. The molecule has 0 aliphatic carbocycles. The molecule has 0 aromatic heterocycles. The third-order valence-electron chi connectivity index (χ3n) is 3.78. The van der Waals surface area contributed by atoms with Crippen molar-refractivity contribution >= 4 is 23.2 Å². The summed E-state index contributed by atoms with van der Waals surface area (Å²) in [5, 5.41) is 0. The average molecular weight is 325 g/mol. The van der Waals surface area contributed by atoms with Gasteiger partial charge in [-0.05, 0) is 37.5 Å². The fourth-order valence-corrected chi connectivity index (χ4v) is 3.59. The summed E-state index contributed by atoms with van der Waals surface area (Å²) in [7, 11) is 0. The maximum absolute atomic E-state index is 14.2. The minimum atomic E-state index is -0.589. The molecule has 0 unspecified atom stereocenters.